The van der Waals surface area contributed by atoms with Crippen molar-refractivity contribution >= 4 is 11.8 Å². The molecule has 1 saturated heterocycles. The van der Waals surface area contributed by atoms with E-state index >= 15 is 0 Å². The predicted molar refractivity (Wildman–Crippen MR) is 115 cm³/mol. The molecule has 3 N–H and O–H groups in total. The molecular formula is C22H27N5O4. The van der Waals surface area contributed by atoms with Gasteiger partial charge in [-0.15, -0.1) is 10.2 Å². The molecule has 9 heteroatoms. The van der Waals surface area contributed by atoms with E-state index in [1.807, 2.05) is 0 Å². The number of hydrogen-bond acceptors (Lipinski definition) is 8. The molecule has 1 fully saturated rings. The maximum Gasteiger partial charge on any atom is 0.307 e. The Bertz CT molecular complexity index is 1000. The number of aromatic nitrogens is 2. The van der Waals surface area contributed by atoms with Crippen LogP contribution >= 0.6 is 0 Å². The summed E-state index contributed by atoms with van der Waals surface area (Å²) >= 11 is 0. The Morgan fingerprint density at radius 3 is 2.87 bits per heavy atom. The number of carboxylic acid groups (broad SMARTS) is 1. The second kappa shape index (κ2) is 9.62. The zero-order valence-corrected chi connectivity index (χ0v) is 17.9. The SMILES string of the molecule is COc1ccc(-c2nnc(N[C@@H]3CCCN(CC(C)C(=O)O)C3)c(C#N)c2C)c(O)c1. The van der Waals surface area contributed by atoms with Gasteiger partial charge in [0.05, 0.1) is 13.0 Å². The van der Waals surface area contributed by atoms with Crippen molar-refractivity contribution in [1.82, 2.24) is 15.1 Å². The molecule has 1 aromatic heterocycles. The first-order valence-electron chi connectivity index (χ1n) is 10.2. The second-order valence-electron chi connectivity index (χ2n) is 7.87. The number of likely N-dealkylation sites (tertiary alicyclic amines) is 1. The minimum absolute atomic E-state index is 0.00294. The van der Waals surface area contributed by atoms with Crippen molar-refractivity contribution in [3.63, 3.8) is 0 Å². The maximum atomic E-state index is 11.2. The molecule has 1 unspecified atom stereocenters. The fourth-order valence-electron chi connectivity index (χ4n) is 3.85. The highest BCUT2D eigenvalue weighted by Crippen LogP contribution is 2.34. The van der Waals surface area contributed by atoms with Gasteiger partial charge in [-0.1, -0.05) is 6.92 Å². The van der Waals surface area contributed by atoms with Crippen molar-refractivity contribution in [3.8, 4) is 28.8 Å². The van der Waals surface area contributed by atoms with Crippen LogP contribution in [-0.4, -0.2) is 64.1 Å². The second-order valence-corrected chi connectivity index (χ2v) is 7.87. The molecule has 0 aliphatic carbocycles. The summed E-state index contributed by atoms with van der Waals surface area (Å²) in [5.41, 5.74) is 1.90. The molecule has 31 heavy (non-hydrogen) atoms. The molecule has 3 rings (SSSR count). The largest absolute Gasteiger partial charge is 0.507 e. The number of aliphatic carboxylic acids is 1. The van der Waals surface area contributed by atoms with E-state index in [1.54, 1.807) is 26.0 Å². The van der Waals surface area contributed by atoms with Gasteiger partial charge in [0, 0.05) is 30.8 Å². The highest BCUT2D eigenvalue weighted by Gasteiger charge is 2.25. The number of carboxylic acids is 1. The van der Waals surface area contributed by atoms with E-state index in [4.69, 9.17) is 9.84 Å². The molecular weight excluding hydrogens is 398 g/mol. The summed E-state index contributed by atoms with van der Waals surface area (Å²) in [7, 11) is 1.52. The number of carbonyl (C=O) groups is 1. The van der Waals surface area contributed by atoms with E-state index in [-0.39, 0.29) is 11.8 Å². The van der Waals surface area contributed by atoms with Crippen LogP contribution in [0.2, 0.25) is 0 Å². The molecule has 0 spiro atoms. The van der Waals surface area contributed by atoms with E-state index in [9.17, 15) is 15.2 Å². The highest BCUT2D eigenvalue weighted by molar-refractivity contribution is 5.74. The van der Waals surface area contributed by atoms with Crippen LogP contribution in [0.1, 0.15) is 30.9 Å². The molecule has 2 heterocycles. The van der Waals surface area contributed by atoms with E-state index in [1.165, 1.54) is 13.2 Å². The molecule has 2 aromatic rings. The third-order valence-electron chi connectivity index (χ3n) is 5.59. The van der Waals surface area contributed by atoms with Crippen LogP contribution in [0.15, 0.2) is 18.2 Å². The number of aromatic hydroxyl groups is 1. The Hall–Kier alpha value is -3.38. The normalized spacial score (nSPS) is 17.5. The van der Waals surface area contributed by atoms with Gasteiger partial charge in [0.2, 0.25) is 0 Å². The van der Waals surface area contributed by atoms with Crippen molar-refractivity contribution in [1.29, 1.82) is 5.26 Å². The van der Waals surface area contributed by atoms with E-state index in [0.717, 1.165) is 19.4 Å². The highest BCUT2D eigenvalue weighted by atomic mass is 16.5. The van der Waals surface area contributed by atoms with Crippen molar-refractivity contribution < 1.29 is 19.7 Å². The van der Waals surface area contributed by atoms with Crippen molar-refractivity contribution in [2.24, 2.45) is 5.92 Å². The Kier molecular flexibility index (Phi) is 6.92. The number of methoxy groups -OCH3 is 1. The summed E-state index contributed by atoms with van der Waals surface area (Å²) in [5.74, 6) is -0.330. The van der Waals surface area contributed by atoms with E-state index in [0.29, 0.717) is 47.0 Å². The van der Waals surface area contributed by atoms with Gasteiger partial charge in [-0.05, 0) is 44.0 Å². The summed E-state index contributed by atoms with van der Waals surface area (Å²) in [6, 6.07) is 7.12. The maximum absolute atomic E-state index is 11.2. The lowest BCUT2D eigenvalue weighted by Gasteiger charge is -2.34. The zero-order chi connectivity index (χ0) is 22.5. The van der Waals surface area contributed by atoms with Gasteiger partial charge in [0.1, 0.15) is 28.8 Å². The Labute approximate surface area is 181 Å². The van der Waals surface area contributed by atoms with Gasteiger partial charge in [-0.3, -0.25) is 4.79 Å². The summed E-state index contributed by atoms with van der Waals surface area (Å²) in [4.78, 5) is 13.3. The fraction of sp³-hybridized carbons (Fsp3) is 0.455. The number of nitrogens with zero attached hydrogens (tertiary/aromatic N) is 4. The number of rotatable bonds is 7. The van der Waals surface area contributed by atoms with Crippen molar-refractivity contribution in [2.75, 3.05) is 32.1 Å². The minimum atomic E-state index is -0.805. The van der Waals surface area contributed by atoms with Gasteiger partial charge in [0.25, 0.3) is 0 Å². The lowest BCUT2D eigenvalue weighted by atomic mass is 10.0. The summed E-state index contributed by atoms with van der Waals surface area (Å²) < 4.78 is 5.12. The molecule has 1 aliphatic rings. The molecule has 1 aromatic carbocycles. The summed E-state index contributed by atoms with van der Waals surface area (Å²) in [6.07, 6.45) is 1.82. The first-order valence-corrected chi connectivity index (χ1v) is 10.2. The first-order chi connectivity index (χ1) is 14.8. The first kappa shape index (κ1) is 22.3. The molecule has 164 valence electrons. The predicted octanol–water partition coefficient (Wildman–Crippen LogP) is 2.63. The van der Waals surface area contributed by atoms with Crippen molar-refractivity contribution in [3.05, 3.63) is 29.3 Å². The molecule has 1 aliphatic heterocycles. The number of nitriles is 1. The van der Waals surface area contributed by atoms with Crippen LogP contribution in [0, 0.1) is 24.2 Å². The third-order valence-corrected chi connectivity index (χ3v) is 5.59. The Morgan fingerprint density at radius 2 is 2.23 bits per heavy atom. The topological polar surface area (TPSA) is 132 Å². The fourth-order valence-corrected chi connectivity index (χ4v) is 3.85. The quantitative estimate of drug-likeness (QED) is 0.612. The zero-order valence-electron chi connectivity index (χ0n) is 17.9. The number of piperidine rings is 1. The number of phenols is 1. The van der Waals surface area contributed by atoms with Crippen LogP contribution < -0.4 is 10.1 Å². The Morgan fingerprint density at radius 1 is 1.45 bits per heavy atom. The monoisotopic (exact) mass is 425 g/mol. The van der Waals surface area contributed by atoms with Crippen molar-refractivity contribution in [2.45, 2.75) is 32.7 Å². The molecule has 0 amide bonds. The number of ether oxygens (including phenoxy) is 1. The summed E-state index contributed by atoms with van der Waals surface area (Å²) in [6.45, 7) is 5.49. The van der Waals surface area contributed by atoms with Crippen LogP contribution in [0.4, 0.5) is 5.82 Å². The van der Waals surface area contributed by atoms with Crippen LogP contribution in [0.5, 0.6) is 11.5 Å². The third kappa shape index (κ3) is 5.03. The lowest BCUT2D eigenvalue weighted by molar-refractivity contribution is -0.141. The average molecular weight is 425 g/mol. The minimum Gasteiger partial charge on any atom is -0.507 e. The van der Waals surface area contributed by atoms with Gasteiger partial charge >= 0.3 is 5.97 Å². The Balaban J connectivity index is 1.81. The molecule has 9 nitrogen and oxygen atoms in total. The number of anilines is 1. The lowest BCUT2D eigenvalue weighted by Crippen LogP contribution is -2.44. The number of hydrogen-bond donors (Lipinski definition) is 3. The smallest absolute Gasteiger partial charge is 0.307 e. The molecule has 2 atom stereocenters. The number of benzene rings is 1. The van der Waals surface area contributed by atoms with Crippen LogP contribution in [0.25, 0.3) is 11.3 Å². The standard InChI is InChI=1S/C22H27N5O4/c1-13(22(29)30)11-27-8-4-5-15(12-27)24-21-18(10-23)14(2)20(25-26-21)17-7-6-16(31-3)9-19(17)28/h6-7,9,13,15,28H,4-5,8,11-12H2,1-3H3,(H,24,26)(H,29,30)/t13?,15-/m1/s1. The van der Waals surface area contributed by atoms with Gasteiger partial charge in [0.15, 0.2) is 5.82 Å². The van der Waals surface area contributed by atoms with Gasteiger partial charge in [-0.2, -0.15) is 5.26 Å². The number of phenolic OH excluding ortho intramolecular Hbond substituents is 1. The van der Waals surface area contributed by atoms with Crippen LogP contribution in [0.3, 0.4) is 0 Å². The van der Waals surface area contributed by atoms with Gasteiger partial charge in [-0.25, -0.2) is 0 Å². The molecule has 0 bridgehead atoms. The van der Waals surface area contributed by atoms with E-state index < -0.39 is 11.9 Å². The van der Waals surface area contributed by atoms with Gasteiger partial charge < -0.3 is 25.2 Å². The molecule has 0 radical (unpaired) electrons. The van der Waals surface area contributed by atoms with Crippen LogP contribution in [-0.2, 0) is 4.79 Å². The number of nitrogens with one attached hydrogen (secondary N) is 1. The van der Waals surface area contributed by atoms with E-state index in [2.05, 4.69) is 26.5 Å². The summed E-state index contributed by atoms with van der Waals surface area (Å²) in [5, 5.41) is 41.1. The average Bonchev–Trinajstić information content (AvgIpc) is 2.74. The molecule has 0 saturated carbocycles.